The van der Waals surface area contributed by atoms with Gasteiger partial charge in [0, 0.05) is 28.8 Å². The zero-order valence-electron chi connectivity index (χ0n) is 15.4. The van der Waals surface area contributed by atoms with Crippen LogP contribution in [0.15, 0.2) is 48.0 Å². The maximum atomic E-state index is 5.91. The lowest BCUT2D eigenvalue weighted by Gasteiger charge is -2.07. The SMILES string of the molecule is Cc1nc(C)c(-c2csc(Nc3ccc(CNc4ccc(Cl)cc4)cn3)n2)s1. The quantitative estimate of drug-likeness (QED) is 0.378. The highest BCUT2D eigenvalue weighted by molar-refractivity contribution is 7.16. The summed E-state index contributed by atoms with van der Waals surface area (Å²) in [6.45, 7) is 4.73. The summed E-state index contributed by atoms with van der Waals surface area (Å²) >= 11 is 9.14. The molecular weight excluding hydrogens is 410 g/mol. The van der Waals surface area contributed by atoms with Gasteiger partial charge in [0.05, 0.1) is 21.3 Å². The Kier molecular flexibility index (Phi) is 5.57. The number of nitrogens with one attached hydrogen (secondary N) is 2. The van der Waals surface area contributed by atoms with Crippen molar-refractivity contribution >= 4 is 50.9 Å². The highest BCUT2D eigenvalue weighted by Crippen LogP contribution is 2.32. The number of rotatable bonds is 6. The first-order valence-corrected chi connectivity index (χ1v) is 10.8. The summed E-state index contributed by atoms with van der Waals surface area (Å²) < 4.78 is 0. The molecule has 0 saturated carbocycles. The number of nitrogens with zero attached hydrogens (tertiary/aromatic N) is 3. The van der Waals surface area contributed by atoms with Crippen molar-refractivity contribution in [2.45, 2.75) is 20.4 Å². The van der Waals surface area contributed by atoms with E-state index in [0.717, 1.165) is 48.5 Å². The predicted molar refractivity (Wildman–Crippen MR) is 119 cm³/mol. The molecular formula is C20H18ClN5S2. The molecule has 0 aliphatic rings. The standard InChI is InChI=1S/C20H18ClN5S2/c1-12-19(28-13(2)24-12)17-11-27-20(25-17)26-18-8-3-14(10-23-18)9-22-16-6-4-15(21)5-7-16/h3-8,10-11,22H,9H2,1-2H3,(H,23,25,26). The van der Waals surface area contributed by atoms with Crippen molar-refractivity contribution in [3.63, 3.8) is 0 Å². The molecule has 3 heterocycles. The minimum absolute atomic E-state index is 0.695. The van der Waals surface area contributed by atoms with Crippen molar-refractivity contribution in [1.82, 2.24) is 15.0 Å². The summed E-state index contributed by atoms with van der Waals surface area (Å²) in [5.74, 6) is 0.772. The normalized spacial score (nSPS) is 10.8. The Bertz CT molecular complexity index is 1070. The molecule has 0 spiro atoms. The van der Waals surface area contributed by atoms with Crippen LogP contribution in [0.2, 0.25) is 5.02 Å². The summed E-state index contributed by atoms with van der Waals surface area (Å²) in [5, 5.41) is 11.3. The van der Waals surface area contributed by atoms with Gasteiger partial charge in [-0.3, -0.25) is 0 Å². The van der Waals surface area contributed by atoms with Crippen LogP contribution in [-0.4, -0.2) is 15.0 Å². The first kappa shape index (κ1) is 18.9. The van der Waals surface area contributed by atoms with Gasteiger partial charge in [0.1, 0.15) is 5.82 Å². The van der Waals surface area contributed by atoms with Gasteiger partial charge in [0.25, 0.3) is 0 Å². The number of benzene rings is 1. The number of hydrogen-bond acceptors (Lipinski definition) is 7. The van der Waals surface area contributed by atoms with Crippen LogP contribution in [0.3, 0.4) is 0 Å². The Balaban J connectivity index is 1.38. The molecule has 28 heavy (non-hydrogen) atoms. The second-order valence-electron chi connectivity index (χ2n) is 6.22. The fraction of sp³-hybridized carbons (Fsp3) is 0.150. The lowest BCUT2D eigenvalue weighted by Crippen LogP contribution is -2.00. The number of halogens is 1. The smallest absolute Gasteiger partial charge is 0.188 e. The topological polar surface area (TPSA) is 62.7 Å². The molecule has 0 aliphatic carbocycles. The van der Waals surface area contributed by atoms with Gasteiger partial charge in [-0.25, -0.2) is 15.0 Å². The van der Waals surface area contributed by atoms with Gasteiger partial charge in [-0.15, -0.1) is 22.7 Å². The van der Waals surface area contributed by atoms with Gasteiger partial charge in [-0.2, -0.15) is 0 Å². The highest BCUT2D eigenvalue weighted by atomic mass is 35.5. The molecule has 0 aliphatic heterocycles. The van der Waals surface area contributed by atoms with E-state index in [4.69, 9.17) is 11.6 Å². The molecule has 0 fully saturated rings. The van der Waals surface area contributed by atoms with Crippen LogP contribution >= 0.6 is 34.3 Å². The lowest BCUT2D eigenvalue weighted by atomic mass is 10.2. The Morgan fingerprint density at radius 3 is 2.54 bits per heavy atom. The molecule has 0 amide bonds. The van der Waals surface area contributed by atoms with Crippen molar-refractivity contribution in [3.8, 4) is 10.6 Å². The number of pyridine rings is 1. The first-order valence-electron chi connectivity index (χ1n) is 8.68. The average Bonchev–Trinajstić information content (AvgIpc) is 3.28. The maximum absolute atomic E-state index is 5.91. The first-order chi connectivity index (χ1) is 13.6. The number of aromatic nitrogens is 3. The van der Waals surface area contributed by atoms with E-state index in [9.17, 15) is 0 Å². The monoisotopic (exact) mass is 427 g/mol. The Morgan fingerprint density at radius 2 is 1.86 bits per heavy atom. The van der Waals surface area contributed by atoms with Crippen LogP contribution in [0.25, 0.3) is 10.6 Å². The zero-order chi connectivity index (χ0) is 19.5. The molecule has 0 atom stereocenters. The van der Waals surface area contributed by atoms with Crippen LogP contribution in [0, 0.1) is 13.8 Å². The molecule has 5 nitrogen and oxygen atoms in total. The molecule has 1 aromatic carbocycles. The van der Waals surface area contributed by atoms with Gasteiger partial charge < -0.3 is 10.6 Å². The molecule has 0 unspecified atom stereocenters. The second kappa shape index (κ2) is 8.26. The second-order valence-corrected chi connectivity index (χ2v) is 8.72. The van der Waals surface area contributed by atoms with Crippen LogP contribution < -0.4 is 10.6 Å². The van der Waals surface area contributed by atoms with Crippen LogP contribution in [0.1, 0.15) is 16.3 Å². The highest BCUT2D eigenvalue weighted by Gasteiger charge is 2.11. The molecule has 8 heteroatoms. The number of aryl methyl sites for hydroxylation is 2. The maximum Gasteiger partial charge on any atom is 0.188 e. The van der Waals surface area contributed by atoms with Crippen molar-refractivity contribution in [2.24, 2.45) is 0 Å². The van der Waals surface area contributed by atoms with Crippen LogP contribution in [-0.2, 0) is 6.54 Å². The number of hydrogen-bond donors (Lipinski definition) is 2. The largest absolute Gasteiger partial charge is 0.381 e. The summed E-state index contributed by atoms with van der Waals surface area (Å²) in [7, 11) is 0. The predicted octanol–water partition coefficient (Wildman–Crippen LogP) is 6.29. The van der Waals surface area contributed by atoms with Crippen molar-refractivity contribution in [3.05, 3.63) is 69.3 Å². The van der Waals surface area contributed by atoms with E-state index < -0.39 is 0 Å². The molecule has 0 bridgehead atoms. The van der Waals surface area contributed by atoms with E-state index in [1.165, 1.54) is 0 Å². The van der Waals surface area contributed by atoms with Gasteiger partial charge >= 0.3 is 0 Å². The van der Waals surface area contributed by atoms with Crippen molar-refractivity contribution in [1.29, 1.82) is 0 Å². The zero-order valence-corrected chi connectivity index (χ0v) is 17.8. The van der Waals surface area contributed by atoms with Gasteiger partial charge in [-0.1, -0.05) is 17.7 Å². The Labute approximate surface area is 176 Å². The average molecular weight is 428 g/mol. The third kappa shape index (κ3) is 4.49. The van der Waals surface area contributed by atoms with Gasteiger partial charge in [0.15, 0.2) is 5.13 Å². The van der Waals surface area contributed by atoms with Crippen molar-refractivity contribution in [2.75, 3.05) is 10.6 Å². The number of anilines is 3. The van der Waals surface area contributed by atoms with E-state index in [-0.39, 0.29) is 0 Å². The van der Waals surface area contributed by atoms with E-state index in [0.29, 0.717) is 6.54 Å². The molecule has 0 saturated heterocycles. The molecule has 142 valence electrons. The summed E-state index contributed by atoms with van der Waals surface area (Å²) in [5.41, 5.74) is 4.10. The van der Waals surface area contributed by atoms with Crippen molar-refractivity contribution < 1.29 is 0 Å². The minimum atomic E-state index is 0.695. The molecule has 3 aromatic heterocycles. The Hall–Kier alpha value is -2.48. The minimum Gasteiger partial charge on any atom is -0.381 e. The molecule has 0 radical (unpaired) electrons. The fourth-order valence-electron chi connectivity index (χ4n) is 2.69. The van der Waals surface area contributed by atoms with E-state index in [1.807, 2.05) is 61.8 Å². The fourth-order valence-corrected chi connectivity index (χ4v) is 4.48. The van der Waals surface area contributed by atoms with E-state index in [1.54, 1.807) is 22.7 Å². The van der Waals surface area contributed by atoms with Crippen LogP contribution in [0.4, 0.5) is 16.6 Å². The van der Waals surface area contributed by atoms with Crippen LogP contribution in [0.5, 0.6) is 0 Å². The Morgan fingerprint density at radius 1 is 1.04 bits per heavy atom. The lowest BCUT2D eigenvalue weighted by molar-refractivity contribution is 1.11. The molecule has 4 rings (SSSR count). The third-order valence-corrected chi connectivity index (χ3v) is 6.15. The molecule has 4 aromatic rings. The summed E-state index contributed by atoms with van der Waals surface area (Å²) in [6, 6.07) is 11.7. The summed E-state index contributed by atoms with van der Waals surface area (Å²) in [4.78, 5) is 14.8. The van der Waals surface area contributed by atoms with E-state index >= 15 is 0 Å². The number of thiazole rings is 2. The summed E-state index contributed by atoms with van der Waals surface area (Å²) in [6.07, 6.45) is 1.86. The van der Waals surface area contributed by atoms with E-state index in [2.05, 4.69) is 25.6 Å². The third-order valence-electron chi connectivity index (χ3n) is 4.04. The van der Waals surface area contributed by atoms with Gasteiger partial charge in [0.2, 0.25) is 0 Å². The van der Waals surface area contributed by atoms with Gasteiger partial charge in [-0.05, 0) is 49.7 Å². The molecule has 2 N–H and O–H groups in total.